The van der Waals surface area contributed by atoms with E-state index < -0.39 is 34.3 Å². The number of carboxylic acid groups (broad SMARTS) is 1. The maximum atomic E-state index is 12.4. The van der Waals surface area contributed by atoms with Gasteiger partial charge in [-0.2, -0.15) is 0 Å². The van der Waals surface area contributed by atoms with Crippen molar-refractivity contribution in [1.82, 2.24) is 4.90 Å². The molecule has 110 valence electrons. The molecular weight excluding hydrogens is 302 g/mol. The Morgan fingerprint density at radius 2 is 2.20 bits per heavy atom. The molecule has 0 spiro atoms. The fraction of sp³-hybridized carbons (Fsp3) is 0.500. The quantitative estimate of drug-likeness (QED) is 0.885. The minimum absolute atomic E-state index is 0.00445. The highest BCUT2D eigenvalue weighted by molar-refractivity contribution is 7.91. The maximum absolute atomic E-state index is 12.4. The predicted molar refractivity (Wildman–Crippen MR) is 74.8 cm³/mol. The molecule has 1 aromatic heterocycles. The van der Waals surface area contributed by atoms with Crippen LogP contribution in [0.5, 0.6) is 0 Å². The van der Waals surface area contributed by atoms with Crippen LogP contribution in [0.4, 0.5) is 0 Å². The van der Waals surface area contributed by atoms with Gasteiger partial charge in [0.15, 0.2) is 9.84 Å². The molecule has 1 amide bonds. The van der Waals surface area contributed by atoms with Crippen molar-refractivity contribution in [3.05, 3.63) is 21.9 Å². The molecule has 2 rings (SSSR count). The molecule has 0 bridgehead atoms. The van der Waals surface area contributed by atoms with E-state index in [4.69, 9.17) is 5.11 Å². The van der Waals surface area contributed by atoms with Gasteiger partial charge in [-0.25, -0.2) is 8.42 Å². The van der Waals surface area contributed by atoms with Gasteiger partial charge in [-0.15, -0.1) is 11.3 Å². The minimum atomic E-state index is -3.17. The van der Waals surface area contributed by atoms with Crippen molar-refractivity contribution < 1.29 is 23.1 Å². The fourth-order valence-electron chi connectivity index (χ4n) is 2.26. The van der Waals surface area contributed by atoms with Gasteiger partial charge in [-0.05, 0) is 30.4 Å². The van der Waals surface area contributed by atoms with Crippen LogP contribution in [0.25, 0.3) is 0 Å². The van der Waals surface area contributed by atoms with Gasteiger partial charge >= 0.3 is 5.97 Å². The molecule has 20 heavy (non-hydrogen) atoms. The SMILES string of the molecule is Cc1ccsc1C(=O)N(CC(=O)O)C1CCS(=O)(=O)C1. The second-order valence-electron chi connectivity index (χ2n) is 4.82. The summed E-state index contributed by atoms with van der Waals surface area (Å²) in [6.45, 7) is 1.30. The van der Waals surface area contributed by atoms with Crippen LogP contribution in [-0.4, -0.2) is 54.4 Å². The molecule has 1 aliphatic heterocycles. The lowest BCUT2D eigenvalue weighted by Gasteiger charge is -2.26. The van der Waals surface area contributed by atoms with E-state index in [0.29, 0.717) is 11.3 Å². The summed E-state index contributed by atoms with van der Waals surface area (Å²) in [5.74, 6) is -1.69. The number of rotatable bonds is 4. The number of hydrogen-bond acceptors (Lipinski definition) is 5. The molecule has 1 unspecified atom stereocenters. The number of aliphatic carboxylic acids is 1. The van der Waals surface area contributed by atoms with Gasteiger partial charge in [0.1, 0.15) is 6.54 Å². The first-order valence-electron chi connectivity index (χ1n) is 6.07. The maximum Gasteiger partial charge on any atom is 0.323 e. The zero-order chi connectivity index (χ0) is 14.9. The number of thiophene rings is 1. The van der Waals surface area contributed by atoms with Gasteiger partial charge < -0.3 is 10.0 Å². The summed E-state index contributed by atoms with van der Waals surface area (Å²) >= 11 is 1.24. The van der Waals surface area contributed by atoms with Gasteiger partial charge in [0.2, 0.25) is 0 Å². The van der Waals surface area contributed by atoms with E-state index in [1.807, 2.05) is 0 Å². The molecule has 8 heteroatoms. The van der Waals surface area contributed by atoms with E-state index in [-0.39, 0.29) is 11.5 Å². The predicted octanol–water partition coefficient (Wildman–Crippen LogP) is 0.770. The number of nitrogens with zero attached hydrogens (tertiary/aromatic N) is 1. The van der Waals surface area contributed by atoms with E-state index in [1.54, 1.807) is 18.4 Å². The zero-order valence-corrected chi connectivity index (χ0v) is 12.5. The first-order valence-corrected chi connectivity index (χ1v) is 8.77. The van der Waals surface area contributed by atoms with Crippen molar-refractivity contribution in [2.75, 3.05) is 18.1 Å². The average molecular weight is 317 g/mol. The van der Waals surface area contributed by atoms with Gasteiger partial charge in [0.25, 0.3) is 5.91 Å². The molecule has 1 aliphatic rings. The van der Waals surface area contributed by atoms with Crippen LogP contribution in [0.3, 0.4) is 0 Å². The summed E-state index contributed by atoms with van der Waals surface area (Å²) in [6, 6.07) is 1.23. The summed E-state index contributed by atoms with van der Waals surface area (Å²) in [6.07, 6.45) is 0.297. The van der Waals surface area contributed by atoms with Crippen molar-refractivity contribution in [3.63, 3.8) is 0 Å². The van der Waals surface area contributed by atoms with Crippen LogP contribution in [0, 0.1) is 6.92 Å². The molecule has 0 aromatic carbocycles. The smallest absolute Gasteiger partial charge is 0.323 e. The standard InChI is InChI=1S/C12H15NO5S2/c1-8-2-4-19-11(8)12(16)13(6-10(14)15)9-3-5-20(17,18)7-9/h2,4,9H,3,5-7H2,1H3,(H,14,15). The molecule has 2 heterocycles. The van der Waals surface area contributed by atoms with Crippen LogP contribution in [0.1, 0.15) is 21.7 Å². The van der Waals surface area contributed by atoms with E-state index in [0.717, 1.165) is 5.56 Å². The monoisotopic (exact) mass is 317 g/mol. The third-order valence-corrected chi connectivity index (χ3v) is 6.03. The Balaban J connectivity index is 2.27. The number of sulfone groups is 1. The Bertz CT molecular complexity index is 634. The largest absolute Gasteiger partial charge is 0.480 e. The van der Waals surface area contributed by atoms with Gasteiger partial charge in [0.05, 0.1) is 16.4 Å². The molecule has 0 radical (unpaired) electrons. The number of aryl methyl sites for hydroxylation is 1. The molecule has 1 saturated heterocycles. The molecule has 1 fully saturated rings. The number of carbonyl (C=O) groups is 2. The number of carboxylic acids is 1. The minimum Gasteiger partial charge on any atom is -0.480 e. The summed E-state index contributed by atoms with van der Waals surface area (Å²) < 4.78 is 23.0. The van der Waals surface area contributed by atoms with Crippen molar-refractivity contribution in [3.8, 4) is 0 Å². The van der Waals surface area contributed by atoms with Crippen LogP contribution in [0.2, 0.25) is 0 Å². The van der Waals surface area contributed by atoms with E-state index in [9.17, 15) is 18.0 Å². The van der Waals surface area contributed by atoms with E-state index in [1.165, 1.54) is 16.2 Å². The highest BCUT2D eigenvalue weighted by atomic mass is 32.2. The summed E-state index contributed by atoms with van der Waals surface area (Å²) in [7, 11) is -3.17. The summed E-state index contributed by atoms with van der Waals surface area (Å²) in [4.78, 5) is 25.0. The second kappa shape index (κ2) is 5.53. The Labute approximate surface area is 120 Å². The number of amides is 1. The lowest BCUT2D eigenvalue weighted by Crippen LogP contribution is -2.44. The third-order valence-electron chi connectivity index (χ3n) is 3.27. The lowest BCUT2D eigenvalue weighted by molar-refractivity contribution is -0.138. The van der Waals surface area contributed by atoms with Crippen LogP contribution in [0.15, 0.2) is 11.4 Å². The Kier molecular flexibility index (Phi) is 4.14. The van der Waals surface area contributed by atoms with Crippen molar-refractivity contribution in [2.45, 2.75) is 19.4 Å². The van der Waals surface area contributed by atoms with E-state index >= 15 is 0 Å². The van der Waals surface area contributed by atoms with Crippen LogP contribution >= 0.6 is 11.3 Å². The molecule has 1 atom stereocenters. The summed E-state index contributed by atoms with van der Waals surface area (Å²) in [5, 5.41) is 10.7. The Morgan fingerprint density at radius 3 is 2.65 bits per heavy atom. The zero-order valence-electron chi connectivity index (χ0n) is 10.9. The van der Waals surface area contributed by atoms with Crippen molar-refractivity contribution >= 4 is 33.1 Å². The van der Waals surface area contributed by atoms with Crippen LogP contribution in [-0.2, 0) is 14.6 Å². The highest BCUT2D eigenvalue weighted by Crippen LogP contribution is 2.23. The second-order valence-corrected chi connectivity index (χ2v) is 7.96. The molecule has 1 N–H and O–H groups in total. The average Bonchev–Trinajstić information content (AvgIpc) is 2.91. The first-order chi connectivity index (χ1) is 9.30. The van der Waals surface area contributed by atoms with Gasteiger partial charge in [-0.3, -0.25) is 9.59 Å². The highest BCUT2D eigenvalue weighted by Gasteiger charge is 2.36. The molecule has 1 aromatic rings. The van der Waals surface area contributed by atoms with Crippen molar-refractivity contribution in [2.24, 2.45) is 0 Å². The van der Waals surface area contributed by atoms with Gasteiger partial charge in [0, 0.05) is 6.04 Å². The molecular formula is C12H15NO5S2. The summed E-state index contributed by atoms with van der Waals surface area (Å²) in [5.41, 5.74) is 0.774. The van der Waals surface area contributed by atoms with Crippen molar-refractivity contribution in [1.29, 1.82) is 0 Å². The molecule has 6 nitrogen and oxygen atoms in total. The van der Waals surface area contributed by atoms with Crippen LogP contribution < -0.4 is 0 Å². The number of hydrogen-bond donors (Lipinski definition) is 1. The lowest BCUT2D eigenvalue weighted by atomic mass is 10.2. The third kappa shape index (κ3) is 3.18. The molecule has 0 aliphatic carbocycles. The first kappa shape index (κ1) is 15.0. The topological polar surface area (TPSA) is 91.8 Å². The molecule has 0 saturated carbocycles. The Hall–Kier alpha value is -1.41. The fourth-order valence-corrected chi connectivity index (χ4v) is 4.87. The Morgan fingerprint density at radius 1 is 1.50 bits per heavy atom. The van der Waals surface area contributed by atoms with Gasteiger partial charge in [-0.1, -0.05) is 0 Å². The van der Waals surface area contributed by atoms with E-state index in [2.05, 4.69) is 0 Å². The number of carbonyl (C=O) groups excluding carboxylic acids is 1. The normalized spacial score (nSPS) is 20.8.